The molecule has 0 radical (unpaired) electrons. The Morgan fingerprint density at radius 2 is 0.882 bits per heavy atom. The van der Waals surface area contributed by atoms with Crippen LogP contribution in [0.25, 0.3) is 0 Å². The summed E-state index contributed by atoms with van der Waals surface area (Å²) < 4.78 is 28.1. The monoisotopic (exact) mass is 588 g/mol. The molecule has 0 unspecified atom stereocenters. The van der Waals surface area contributed by atoms with Crippen molar-refractivity contribution in [3.05, 3.63) is 120 Å². The van der Waals surface area contributed by atoms with E-state index < -0.39 is 0 Å². The van der Waals surface area contributed by atoms with Gasteiger partial charge in [-0.1, -0.05) is 0 Å². The van der Waals surface area contributed by atoms with E-state index in [2.05, 4.69) is 10.6 Å². The van der Waals surface area contributed by atoms with Crippen molar-refractivity contribution in [2.45, 2.75) is 0 Å². The summed E-state index contributed by atoms with van der Waals surface area (Å²) in [6.07, 6.45) is 0. The van der Waals surface area contributed by atoms with Gasteiger partial charge in [0.05, 0.1) is 0 Å². The number of amides is 2. The first-order chi connectivity index (χ1) is 16.5. The predicted octanol–water partition coefficient (Wildman–Crippen LogP) is 3.74. The predicted molar refractivity (Wildman–Crippen MR) is 132 cm³/mol. The molecule has 170 valence electrons. The molecule has 4 aromatic rings. The number of hydrogen-bond acceptors (Lipinski definition) is 2. The number of carbonyl (C=O) groups is 2. The second-order valence-electron chi connectivity index (χ2n) is 7.08. The summed E-state index contributed by atoms with van der Waals surface area (Å²) in [6, 6.07) is 26.0. The van der Waals surface area contributed by atoms with Crippen LogP contribution in [0.1, 0.15) is 20.7 Å². The number of rotatable bonds is 7. The summed E-state index contributed by atoms with van der Waals surface area (Å²) in [5.41, 5.74) is 2.15. The van der Waals surface area contributed by atoms with Gasteiger partial charge in [-0.15, -0.1) is 0 Å². The molecule has 4 nitrogen and oxygen atoms in total. The first-order valence-corrected chi connectivity index (χ1v) is 16.2. The average molecular weight is 586 g/mol. The average Bonchev–Trinajstić information content (AvgIpc) is 2.86. The Bertz CT molecular complexity index is 1210. The van der Waals surface area contributed by atoms with Gasteiger partial charge in [0.1, 0.15) is 0 Å². The van der Waals surface area contributed by atoms with Crippen molar-refractivity contribution in [3.8, 4) is 0 Å². The molecule has 2 N–H and O–H groups in total. The van der Waals surface area contributed by atoms with Gasteiger partial charge < -0.3 is 0 Å². The van der Waals surface area contributed by atoms with E-state index in [9.17, 15) is 18.4 Å². The minimum atomic E-state index is -0.369. The summed E-state index contributed by atoms with van der Waals surface area (Å²) in [5.74, 6) is -1.26. The van der Waals surface area contributed by atoms with Crippen molar-refractivity contribution in [2.24, 2.45) is 0 Å². The van der Waals surface area contributed by atoms with E-state index in [0.29, 0.717) is 22.5 Å². The first kappa shape index (κ1) is 23.9. The van der Waals surface area contributed by atoms with Crippen molar-refractivity contribution >= 4 is 58.4 Å². The Balaban J connectivity index is 1.48. The second-order valence-corrected chi connectivity index (χ2v) is 13.3. The number of benzene rings is 4. The molecule has 0 heterocycles. The maximum atomic E-state index is 13.1. The minimum absolute atomic E-state index is 0.0734. The van der Waals surface area contributed by atoms with E-state index in [1.807, 2.05) is 24.3 Å². The molecular formula is C26H18F2N2O2Se2. The normalized spacial score (nSPS) is 10.5. The third-order valence-electron chi connectivity index (χ3n) is 4.69. The van der Waals surface area contributed by atoms with E-state index in [-0.39, 0.29) is 49.7 Å². The van der Waals surface area contributed by atoms with Gasteiger partial charge in [0.15, 0.2) is 0 Å². The van der Waals surface area contributed by atoms with Crippen LogP contribution in [0.5, 0.6) is 0 Å². The van der Waals surface area contributed by atoms with Crippen LogP contribution in [0, 0.1) is 11.6 Å². The molecule has 0 atom stereocenters. The topological polar surface area (TPSA) is 58.2 Å². The Hall–Kier alpha value is -3.28. The fraction of sp³-hybridized carbons (Fsp3) is 0. The van der Waals surface area contributed by atoms with Crippen molar-refractivity contribution in [3.63, 3.8) is 0 Å². The van der Waals surface area contributed by atoms with Crippen molar-refractivity contribution in [1.29, 1.82) is 0 Å². The molecule has 2 amide bonds. The van der Waals surface area contributed by atoms with E-state index in [1.165, 1.54) is 48.5 Å². The van der Waals surface area contributed by atoms with Gasteiger partial charge in [-0.2, -0.15) is 0 Å². The molecule has 34 heavy (non-hydrogen) atoms. The number of anilines is 2. The summed E-state index contributed by atoms with van der Waals surface area (Å²) in [4.78, 5) is 25.7. The molecule has 0 fully saturated rings. The fourth-order valence-corrected chi connectivity index (χ4v) is 10.1. The summed E-state index contributed by atoms with van der Waals surface area (Å²) in [5, 5.41) is 5.61. The summed E-state index contributed by atoms with van der Waals surface area (Å²) >= 11 is -0.147. The Labute approximate surface area is 206 Å². The Morgan fingerprint density at radius 1 is 0.529 bits per heavy atom. The van der Waals surface area contributed by atoms with E-state index in [1.54, 1.807) is 24.3 Å². The standard InChI is InChI=1S/C26H18F2N2O2Se2/c27-17-9-13-19(14-10-17)29-25(31)21-5-1-3-7-23(21)33-34-24-8-4-2-6-22(24)26(32)30-20-15-11-18(28)12-16-20/h1-16H,(H,29,31)(H,30,32). The molecule has 8 heteroatoms. The maximum absolute atomic E-state index is 13.1. The molecule has 0 spiro atoms. The Kier molecular flexibility index (Phi) is 7.88. The van der Waals surface area contributed by atoms with Crippen LogP contribution in [0.2, 0.25) is 0 Å². The van der Waals surface area contributed by atoms with E-state index >= 15 is 0 Å². The van der Waals surface area contributed by atoms with E-state index in [4.69, 9.17) is 0 Å². The Morgan fingerprint density at radius 3 is 1.26 bits per heavy atom. The molecule has 0 saturated carbocycles. The zero-order chi connectivity index (χ0) is 23.9. The number of hydrogen-bond donors (Lipinski definition) is 2. The van der Waals surface area contributed by atoms with Gasteiger partial charge in [-0.05, 0) is 0 Å². The third kappa shape index (κ3) is 6.19. The molecule has 0 aliphatic rings. The zero-order valence-corrected chi connectivity index (χ0v) is 21.1. The van der Waals surface area contributed by atoms with Gasteiger partial charge in [0.2, 0.25) is 0 Å². The molecule has 4 aromatic carbocycles. The van der Waals surface area contributed by atoms with Crippen LogP contribution in [0.15, 0.2) is 97.1 Å². The summed E-state index contributed by atoms with van der Waals surface area (Å²) in [7, 11) is 0. The molecule has 0 aliphatic heterocycles. The third-order valence-corrected chi connectivity index (χ3v) is 11.9. The van der Waals surface area contributed by atoms with E-state index in [0.717, 1.165) is 8.92 Å². The van der Waals surface area contributed by atoms with Crippen molar-refractivity contribution in [1.82, 2.24) is 0 Å². The van der Waals surface area contributed by atoms with Crippen LogP contribution in [0.3, 0.4) is 0 Å². The molecule has 4 rings (SSSR count). The van der Waals surface area contributed by atoms with Crippen LogP contribution in [-0.2, 0) is 0 Å². The molecule has 0 aliphatic carbocycles. The number of halogens is 2. The molecule has 0 aromatic heterocycles. The molecule has 0 saturated heterocycles. The van der Waals surface area contributed by atoms with Crippen LogP contribution < -0.4 is 19.6 Å². The van der Waals surface area contributed by atoms with Crippen LogP contribution in [-0.4, -0.2) is 38.1 Å². The van der Waals surface area contributed by atoms with Gasteiger partial charge in [0.25, 0.3) is 0 Å². The van der Waals surface area contributed by atoms with Gasteiger partial charge in [0, 0.05) is 0 Å². The number of carbonyl (C=O) groups excluding carboxylic acids is 2. The van der Waals surface area contributed by atoms with Crippen LogP contribution in [0.4, 0.5) is 20.2 Å². The van der Waals surface area contributed by atoms with Crippen molar-refractivity contribution in [2.75, 3.05) is 10.6 Å². The molecule has 0 bridgehead atoms. The second kappa shape index (κ2) is 11.2. The quantitative estimate of drug-likeness (QED) is 0.325. The van der Waals surface area contributed by atoms with Crippen LogP contribution >= 0.6 is 0 Å². The number of nitrogens with one attached hydrogen (secondary N) is 2. The van der Waals surface area contributed by atoms with Gasteiger partial charge in [-0.25, -0.2) is 0 Å². The van der Waals surface area contributed by atoms with Gasteiger partial charge >= 0.3 is 207 Å². The SMILES string of the molecule is O=C(Nc1ccc(F)cc1)c1ccccc1[Se][Se]c1ccccc1C(=O)Nc1ccc(F)cc1. The zero-order valence-electron chi connectivity index (χ0n) is 17.6. The van der Waals surface area contributed by atoms with Gasteiger partial charge in [-0.3, -0.25) is 0 Å². The fourth-order valence-electron chi connectivity index (χ4n) is 3.01. The first-order valence-electron chi connectivity index (χ1n) is 10.2. The molecular weight excluding hydrogens is 568 g/mol. The van der Waals surface area contributed by atoms with Crippen molar-refractivity contribution < 1.29 is 18.4 Å². The summed E-state index contributed by atoms with van der Waals surface area (Å²) in [6.45, 7) is 0.